The van der Waals surface area contributed by atoms with E-state index in [4.69, 9.17) is 10.2 Å². The van der Waals surface area contributed by atoms with Crippen LogP contribution in [-0.4, -0.2) is 16.9 Å². The van der Waals surface area contributed by atoms with Crippen molar-refractivity contribution in [1.29, 1.82) is 0 Å². The second kappa shape index (κ2) is 4.81. The summed E-state index contributed by atoms with van der Waals surface area (Å²) in [5.41, 5.74) is 7.46. The van der Waals surface area contributed by atoms with Gasteiger partial charge in [0.25, 0.3) is 0 Å². The molecule has 84 valence electrons. The Morgan fingerprint density at radius 2 is 2.19 bits per heavy atom. The number of hydrogen-bond donors (Lipinski definition) is 1. The van der Waals surface area contributed by atoms with Gasteiger partial charge in [0, 0.05) is 12.7 Å². The Kier molecular flexibility index (Phi) is 3.22. The number of hydrogen-bond acceptors (Lipinski definition) is 4. The van der Waals surface area contributed by atoms with Crippen molar-refractivity contribution in [2.75, 3.05) is 12.8 Å². The molecule has 2 rings (SSSR count). The highest BCUT2D eigenvalue weighted by molar-refractivity contribution is 5.41. The second-order valence-corrected chi connectivity index (χ2v) is 3.79. The zero-order chi connectivity index (χ0) is 11.4. The van der Waals surface area contributed by atoms with Gasteiger partial charge in [-0.05, 0) is 31.3 Å². The minimum atomic E-state index is 0.716. The standard InChI is InChI=1S/C12H15N3O/c1-15(8-10-4-3-7-16-10)9-12-11(13)5-2-6-14-12/h2-7H,8-9,13H2,1H3. The number of anilines is 1. The summed E-state index contributed by atoms with van der Waals surface area (Å²) < 4.78 is 5.28. The van der Waals surface area contributed by atoms with Crippen molar-refractivity contribution in [3.05, 3.63) is 48.2 Å². The minimum absolute atomic E-state index is 0.716. The fourth-order valence-electron chi connectivity index (χ4n) is 1.56. The monoisotopic (exact) mass is 217 g/mol. The van der Waals surface area contributed by atoms with Crippen LogP contribution in [0.1, 0.15) is 11.5 Å². The highest BCUT2D eigenvalue weighted by Crippen LogP contribution is 2.11. The molecule has 0 radical (unpaired) electrons. The lowest BCUT2D eigenvalue weighted by Crippen LogP contribution is -2.18. The fourth-order valence-corrected chi connectivity index (χ4v) is 1.56. The van der Waals surface area contributed by atoms with Gasteiger partial charge in [-0.15, -0.1) is 0 Å². The van der Waals surface area contributed by atoms with Gasteiger partial charge >= 0.3 is 0 Å². The molecule has 0 unspecified atom stereocenters. The number of nitrogen functional groups attached to an aromatic ring is 1. The van der Waals surface area contributed by atoms with Gasteiger partial charge in [0.05, 0.1) is 24.2 Å². The van der Waals surface area contributed by atoms with Crippen LogP contribution in [0, 0.1) is 0 Å². The van der Waals surface area contributed by atoms with Crippen molar-refractivity contribution in [3.8, 4) is 0 Å². The summed E-state index contributed by atoms with van der Waals surface area (Å²) in [4.78, 5) is 6.36. The average Bonchev–Trinajstić information content (AvgIpc) is 2.74. The maximum Gasteiger partial charge on any atom is 0.117 e. The predicted molar refractivity (Wildman–Crippen MR) is 62.5 cm³/mol. The maximum atomic E-state index is 5.83. The topological polar surface area (TPSA) is 55.3 Å². The first kappa shape index (κ1) is 10.7. The number of pyridine rings is 1. The molecule has 4 nitrogen and oxygen atoms in total. The van der Waals surface area contributed by atoms with Crippen LogP contribution in [0.15, 0.2) is 41.1 Å². The Hall–Kier alpha value is -1.81. The minimum Gasteiger partial charge on any atom is -0.468 e. The summed E-state index contributed by atoms with van der Waals surface area (Å²) in [6, 6.07) is 7.55. The van der Waals surface area contributed by atoms with Gasteiger partial charge in [-0.2, -0.15) is 0 Å². The van der Waals surface area contributed by atoms with E-state index in [0.717, 1.165) is 23.7 Å². The number of nitrogens with two attached hydrogens (primary N) is 1. The molecule has 0 saturated carbocycles. The molecule has 2 aromatic heterocycles. The Bertz CT molecular complexity index is 439. The zero-order valence-corrected chi connectivity index (χ0v) is 9.26. The Morgan fingerprint density at radius 3 is 2.88 bits per heavy atom. The molecule has 0 aromatic carbocycles. The van der Waals surface area contributed by atoms with Gasteiger partial charge < -0.3 is 10.2 Å². The molecule has 0 aliphatic rings. The Labute approximate surface area is 94.7 Å². The highest BCUT2D eigenvalue weighted by atomic mass is 16.3. The molecule has 2 heterocycles. The van der Waals surface area contributed by atoms with Gasteiger partial charge in [0.2, 0.25) is 0 Å². The van der Waals surface area contributed by atoms with Crippen LogP contribution >= 0.6 is 0 Å². The van der Waals surface area contributed by atoms with Gasteiger partial charge in [-0.25, -0.2) is 0 Å². The van der Waals surface area contributed by atoms with Crippen molar-refractivity contribution >= 4 is 5.69 Å². The molecule has 0 aliphatic carbocycles. The first-order valence-corrected chi connectivity index (χ1v) is 5.16. The first-order chi connectivity index (χ1) is 7.75. The van der Waals surface area contributed by atoms with E-state index in [1.54, 1.807) is 12.5 Å². The van der Waals surface area contributed by atoms with Crippen LogP contribution < -0.4 is 5.73 Å². The number of furan rings is 1. The first-order valence-electron chi connectivity index (χ1n) is 5.16. The summed E-state index contributed by atoms with van der Waals surface area (Å²) in [5, 5.41) is 0. The van der Waals surface area contributed by atoms with Gasteiger partial charge in [0.1, 0.15) is 5.76 Å². The molecule has 0 bridgehead atoms. The van der Waals surface area contributed by atoms with Gasteiger partial charge in [-0.1, -0.05) is 0 Å². The van der Waals surface area contributed by atoms with Gasteiger partial charge in [-0.3, -0.25) is 9.88 Å². The molecule has 0 spiro atoms. The lowest BCUT2D eigenvalue weighted by atomic mass is 10.3. The van der Waals surface area contributed by atoms with Crippen molar-refractivity contribution in [3.63, 3.8) is 0 Å². The predicted octanol–water partition coefficient (Wildman–Crippen LogP) is 1.89. The van der Waals surface area contributed by atoms with Crippen molar-refractivity contribution in [1.82, 2.24) is 9.88 Å². The molecular weight excluding hydrogens is 202 g/mol. The molecule has 0 atom stereocenters. The SMILES string of the molecule is CN(Cc1ccco1)Cc1ncccc1N. The lowest BCUT2D eigenvalue weighted by Gasteiger charge is -2.15. The Balaban J connectivity index is 1.97. The third-order valence-electron chi connectivity index (χ3n) is 2.35. The van der Waals surface area contributed by atoms with Crippen LogP contribution in [0.2, 0.25) is 0 Å². The van der Waals surface area contributed by atoms with E-state index < -0.39 is 0 Å². The van der Waals surface area contributed by atoms with E-state index in [-0.39, 0.29) is 0 Å². The van der Waals surface area contributed by atoms with Crippen LogP contribution in [0.3, 0.4) is 0 Å². The van der Waals surface area contributed by atoms with Crippen LogP contribution in [0.25, 0.3) is 0 Å². The summed E-state index contributed by atoms with van der Waals surface area (Å²) >= 11 is 0. The van der Waals surface area contributed by atoms with E-state index >= 15 is 0 Å². The molecule has 16 heavy (non-hydrogen) atoms. The molecule has 0 aliphatic heterocycles. The third kappa shape index (κ3) is 2.61. The summed E-state index contributed by atoms with van der Waals surface area (Å²) in [5.74, 6) is 0.942. The largest absolute Gasteiger partial charge is 0.468 e. The number of rotatable bonds is 4. The Morgan fingerprint density at radius 1 is 1.31 bits per heavy atom. The highest BCUT2D eigenvalue weighted by Gasteiger charge is 2.06. The van der Waals surface area contributed by atoms with E-state index in [2.05, 4.69) is 9.88 Å². The summed E-state index contributed by atoms with van der Waals surface area (Å²) in [7, 11) is 2.01. The third-order valence-corrected chi connectivity index (χ3v) is 2.35. The zero-order valence-electron chi connectivity index (χ0n) is 9.26. The van der Waals surface area contributed by atoms with Gasteiger partial charge in [0.15, 0.2) is 0 Å². The second-order valence-electron chi connectivity index (χ2n) is 3.79. The molecular formula is C12H15N3O. The van der Waals surface area contributed by atoms with Crippen molar-refractivity contribution < 1.29 is 4.42 Å². The van der Waals surface area contributed by atoms with Crippen LogP contribution in [0.4, 0.5) is 5.69 Å². The van der Waals surface area contributed by atoms with Crippen molar-refractivity contribution in [2.45, 2.75) is 13.1 Å². The van der Waals surface area contributed by atoms with Crippen LogP contribution in [0.5, 0.6) is 0 Å². The summed E-state index contributed by atoms with van der Waals surface area (Å²) in [6.45, 7) is 1.47. The molecule has 0 amide bonds. The molecule has 0 saturated heterocycles. The van der Waals surface area contributed by atoms with Crippen LogP contribution in [-0.2, 0) is 13.1 Å². The molecule has 4 heteroatoms. The van der Waals surface area contributed by atoms with E-state index in [1.807, 2.05) is 31.3 Å². The van der Waals surface area contributed by atoms with Crippen molar-refractivity contribution in [2.24, 2.45) is 0 Å². The molecule has 2 aromatic rings. The average molecular weight is 217 g/mol. The quantitative estimate of drug-likeness (QED) is 0.849. The van der Waals surface area contributed by atoms with E-state index in [1.165, 1.54) is 0 Å². The van der Waals surface area contributed by atoms with E-state index in [9.17, 15) is 0 Å². The molecule has 0 fully saturated rings. The van der Waals surface area contributed by atoms with E-state index in [0.29, 0.717) is 6.54 Å². The fraction of sp³-hybridized carbons (Fsp3) is 0.250. The normalized spacial score (nSPS) is 10.9. The number of nitrogens with zero attached hydrogens (tertiary/aromatic N) is 2. The lowest BCUT2D eigenvalue weighted by molar-refractivity contribution is 0.285. The summed E-state index contributed by atoms with van der Waals surface area (Å²) in [6.07, 6.45) is 3.44. The number of aromatic nitrogens is 1. The molecule has 2 N–H and O–H groups in total. The smallest absolute Gasteiger partial charge is 0.117 e. The maximum absolute atomic E-state index is 5.83.